The molecule has 0 spiro atoms. The quantitative estimate of drug-likeness (QED) is 0.509. The Labute approximate surface area is 145 Å². The Morgan fingerprint density at radius 3 is 1.96 bits per heavy atom. The molecule has 0 rings (SSSR count). The van der Waals surface area contributed by atoms with Crippen molar-refractivity contribution >= 4 is 0 Å². The molecule has 0 aromatic heterocycles. The van der Waals surface area contributed by atoms with Crippen LogP contribution in [0.4, 0.5) is 0 Å². The fourth-order valence-electron chi connectivity index (χ4n) is 2.27. The second-order valence-electron chi connectivity index (χ2n) is 9.34. The fourth-order valence-corrected chi connectivity index (χ4v) is 2.27. The largest absolute Gasteiger partial charge is 0.375 e. The van der Waals surface area contributed by atoms with Crippen molar-refractivity contribution in [3.05, 3.63) is 0 Å². The van der Waals surface area contributed by atoms with Crippen molar-refractivity contribution < 1.29 is 4.74 Å². The number of nitrogens with one attached hydrogen (secondary N) is 3. The van der Waals surface area contributed by atoms with Gasteiger partial charge in [-0.15, -0.1) is 0 Å². The van der Waals surface area contributed by atoms with Crippen molar-refractivity contribution in [2.24, 2.45) is 0 Å². The highest BCUT2D eigenvalue weighted by Gasteiger charge is 2.18. The topological polar surface area (TPSA) is 45.3 Å². The summed E-state index contributed by atoms with van der Waals surface area (Å²) < 4.78 is 5.76. The van der Waals surface area contributed by atoms with E-state index in [1.807, 2.05) is 0 Å². The highest BCUT2D eigenvalue weighted by Crippen LogP contribution is 2.13. The number of hydrogen-bond donors (Lipinski definition) is 3. The average molecular weight is 330 g/mol. The predicted molar refractivity (Wildman–Crippen MR) is 102 cm³/mol. The van der Waals surface area contributed by atoms with Crippen molar-refractivity contribution in [3.63, 3.8) is 0 Å². The van der Waals surface area contributed by atoms with Crippen molar-refractivity contribution in [1.29, 1.82) is 0 Å². The summed E-state index contributed by atoms with van der Waals surface area (Å²) >= 11 is 0. The summed E-state index contributed by atoms with van der Waals surface area (Å²) in [5, 5.41) is 10.7. The molecule has 140 valence electrons. The fraction of sp³-hybridized carbons (Fsp3) is 1.00. The van der Waals surface area contributed by atoms with Gasteiger partial charge in [-0.3, -0.25) is 0 Å². The summed E-state index contributed by atoms with van der Waals surface area (Å²) in [5.41, 5.74) is 0.304. The van der Waals surface area contributed by atoms with E-state index in [0.717, 1.165) is 32.7 Å². The standard InChI is InChI=1S/C19H43N3O/c1-16(20-12-13-21-17(2,3)4)10-11-19(8,9)22-14-15-23-18(5,6)7/h16,20-22H,10-15H2,1-9H3. The van der Waals surface area contributed by atoms with Gasteiger partial charge in [0.05, 0.1) is 12.2 Å². The van der Waals surface area contributed by atoms with Crippen LogP contribution < -0.4 is 16.0 Å². The van der Waals surface area contributed by atoms with Gasteiger partial charge in [0, 0.05) is 36.8 Å². The molecule has 1 unspecified atom stereocenters. The number of hydrogen-bond acceptors (Lipinski definition) is 4. The average Bonchev–Trinajstić information content (AvgIpc) is 2.36. The van der Waals surface area contributed by atoms with E-state index in [1.165, 1.54) is 6.42 Å². The third kappa shape index (κ3) is 16.5. The lowest BCUT2D eigenvalue weighted by Crippen LogP contribution is -2.44. The maximum Gasteiger partial charge on any atom is 0.0599 e. The molecule has 0 aliphatic rings. The Morgan fingerprint density at radius 2 is 1.43 bits per heavy atom. The molecule has 0 saturated carbocycles. The first-order valence-electron chi connectivity index (χ1n) is 9.18. The van der Waals surface area contributed by atoms with Crippen molar-refractivity contribution in [2.75, 3.05) is 26.2 Å². The Hall–Kier alpha value is -0.160. The molecule has 0 aliphatic carbocycles. The van der Waals surface area contributed by atoms with Gasteiger partial charge in [0.25, 0.3) is 0 Å². The Kier molecular flexibility index (Phi) is 9.90. The summed E-state index contributed by atoms with van der Waals surface area (Å²) in [4.78, 5) is 0. The number of ether oxygens (including phenoxy) is 1. The molecule has 0 saturated heterocycles. The molecule has 0 bridgehead atoms. The normalized spacial score (nSPS) is 15.0. The molecule has 0 aliphatic heterocycles. The summed E-state index contributed by atoms with van der Waals surface area (Å²) in [6.45, 7) is 23.4. The maximum absolute atomic E-state index is 5.76. The van der Waals surface area contributed by atoms with Crippen LogP contribution >= 0.6 is 0 Å². The van der Waals surface area contributed by atoms with Crippen molar-refractivity contribution in [3.8, 4) is 0 Å². The van der Waals surface area contributed by atoms with Crippen LogP contribution in [0, 0.1) is 0 Å². The van der Waals surface area contributed by atoms with E-state index in [4.69, 9.17) is 4.74 Å². The summed E-state index contributed by atoms with van der Waals surface area (Å²) in [7, 11) is 0. The summed E-state index contributed by atoms with van der Waals surface area (Å²) in [6.07, 6.45) is 2.33. The molecule has 0 heterocycles. The smallest absolute Gasteiger partial charge is 0.0599 e. The van der Waals surface area contributed by atoms with Gasteiger partial charge < -0.3 is 20.7 Å². The minimum Gasteiger partial charge on any atom is -0.375 e. The molecule has 4 heteroatoms. The second-order valence-corrected chi connectivity index (χ2v) is 9.34. The van der Waals surface area contributed by atoms with Crippen LogP contribution in [-0.2, 0) is 4.74 Å². The minimum absolute atomic E-state index is 0.0503. The molecule has 23 heavy (non-hydrogen) atoms. The molecular weight excluding hydrogens is 286 g/mol. The molecule has 0 amide bonds. The lowest BCUT2D eigenvalue weighted by atomic mass is 9.96. The first kappa shape index (κ1) is 22.8. The van der Waals surface area contributed by atoms with Crippen LogP contribution in [0.5, 0.6) is 0 Å². The van der Waals surface area contributed by atoms with Gasteiger partial charge in [-0.25, -0.2) is 0 Å². The predicted octanol–water partition coefficient (Wildman–Crippen LogP) is 3.32. The molecular formula is C19H43N3O. The Balaban J connectivity index is 3.77. The highest BCUT2D eigenvalue weighted by atomic mass is 16.5. The van der Waals surface area contributed by atoms with Gasteiger partial charge >= 0.3 is 0 Å². The third-order valence-corrected chi connectivity index (χ3v) is 3.72. The van der Waals surface area contributed by atoms with Crippen LogP contribution in [0.3, 0.4) is 0 Å². The lowest BCUT2D eigenvalue weighted by Gasteiger charge is -2.29. The Morgan fingerprint density at radius 1 is 0.826 bits per heavy atom. The molecule has 0 aromatic rings. The van der Waals surface area contributed by atoms with Gasteiger partial charge in [0.15, 0.2) is 0 Å². The first-order valence-corrected chi connectivity index (χ1v) is 9.18. The zero-order valence-corrected chi connectivity index (χ0v) is 17.2. The van der Waals surface area contributed by atoms with E-state index in [9.17, 15) is 0 Å². The van der Waals surface area contributed by atoms with Crippen molar-refractivity contribution in [1.82, 2.24) is 16.0 Å². The monoisotopic (exact) mass is 329 g/mol. The van der Waals surface area contributed by atoms with Crippen LogP contribution in [0.2, 0.25) is 0 Å². The van der Waals surface area contributed by atoms with E-state index >= 15 is 0 Å². The number of rotatable bonds is 11. The molecule has 0 aromatic carbocycles. The van der Waals surface area contributed by atoms with Gasteiger partial charge in [0.1, 0.15) is 0 Å². The zero-order chi connectivity index (χ0) is 18.1. The second kappa shape index (κ2) is 9.97. The molecule has 0 radical (unpaired) electrons. The molecule has 4 nitrogen and oxygen atoms in total. The molecule has 3 N–H and O–H groups in total. The summed E-state index contributed by atoms with van der Waals surface area (Å²) in [6, 6.07) is 0.545. The van der Waals surface area contributed by atoms with Gasteiger partial charge in [0.2, 0.25) is 0 Å². The van der Waals surface area contributed by atoms with Crippen molar-refractivity contribution in [2.45, 2.75) is 97.9 Å². The van der Waals surface area contributed by atoms with Crippen LogP contribution in [0.1, 0.15) is 75.2 Å². The van der Waals surface area contributed by atoms with Gasteiger partial charge in [-0.2, -0.15) is 0 Å². The Bertz CT molecular complexity index is 303. The molecule has 1 atom stereocenters. The SMILES string of the molecule is CC(CCC(C)(C)NCCOC(C)(C)C)NCCNC(C)(C)C. The first-order chi connectivity index (χ1) is 10.3. The highest BCUT2D eigenvalue weighted by molar-refractivity contribution is 4.80. The van der Waals surface area contributed by atoms with Gasteiger partial charge in [-0.05, 0) is 75.2 Å². The van der Waals surface area contributed by atoms with E-state index < -0.39 is 0 Å². The lowest BCUT2D eigenvalue weighted by molar-refractivity contribution is -0.00303. The summed E-state index contributed by atoms with van der Waals surface area (Å²) in [5.74, 6) is 0. The van der Waals surface area contributed by atoms with Crippen LogP contribution in [0.25, 0.3) is 0 Å². The van der Waals surface area contributed by atoms with E-state index in [-0.39, 0.29) is 16.7 Å². The maximum atomic E-state index is 5.76. The molecule has 0 fully saturated rings. The third-order valence-electron chi connectivity index (χ3n) is 3.72. The van der Waals surface area contributed by atoms with Gasteiger partial charge in [-0.1, -0.05) is 0 Å². The zero-order valence-electron chi connectivity index (χ0n) is 17.2. The van der Waals surface area contributed by atoms with Crippen LogP contribution in [-0.4, -0.2) is 49.0 Å². The van der Waals surface area contributed by atoms with E-state index in [0.29, 0.717) is 6.04 Å². The van der Waals surface area contributed by atoms with E-state index in [1.54, 1.807) is 0 Å². The van der Waals surface area contributed by atoms with Crippen LogP contribution in [0.15, 0.2) is 0 Å². The van der Waals surface area contributed by atoms with E-state index in [2.05, 4.69) is 78.3 Å². The minimum atomic E-state index is -0.0503.